The molecule has 1 aromatic rings. The molecule has 0 amide bonds. The van der Waals surface area contributed by atoms with Gasteiger partial charge < -0.3 is 5.73 Å². The predicted octanol–water partition coefficient (Wildman–Crippen LogP) is 2.84. The summed E-state index contributed by atoms with van der Waals surface area (Å²) in [5.41, 5.74) is 6.60. The minimum atomic E-state index is -0.804. The Morgan fingerprint density at radius 3 is 2.72 bits per heavy atom. The lowest BCUT2D eigenvalue weighted by molar-refractivity contribution is 0.108. The van der Waals surface area contributed by atoms with Gasteiger partial charge in [0, 0.05) is 18.6 Å². The van der Waals surface area contributed by atoms with E-state index in [9.17, 15) is 8.78 Å². The zero-order valence-corrected chi connectivity index (χ0v) is 10.7. The van der Waals surface area contributed by atoms with Gasteiger partial charge in [-0.25, -0.2) is 8.78 Å². The van der Waals surface area contributed by atoms with Crippen LogP contribution in [0.1, 0.15) is 37.8 Å². The monoisotopic (exact) mass is 254 g/mol. The Labute approximate surface area is 107 Å². The summed E-state index contributed by atoms with van der Waals surface area (Å²) in [6, 6.07) is 4.52. The summed E-state index contributed by atoms with van der Waals surface area (Å²) >= 11 is 0. The molecule has 1 aliphatic heterocycles. The van der Waals surface area contributed by atoms with Crippen molar-refractivity contribution in [2.75, 3.05) is 13.1 Å². The van der Waals surface area contributed by atoms with E-state index < -0.39 is 11.6 Å². The Morgan fingerprint density at radius 1 is 1.33 bits per heavy atom. The second-order valence-electron chi connectivity index (χ2n) is 5.01. The van der Waals surface area contributed by atoms with Crippen LogP contribution in [0, 0.1) is 11.6 Å². The number of nitrogens with zero attached hydrogens (tertiary/aromatic N) is 1. The lowest BCUT2D eigenvalue weighted by Crippen LogP contribution is -2.43. The third kappa shape index (κ3) is 2.70. The molecule has 2 nitrogen and oxygen atoms in total. The van der Waals surface area contributed by atoms with Crippen LogP contribution in [0.25, 0.3) is 0 Å². The van der Waals surface area contributed by atoms with Crippen molar-refractivity contribution in [3.05, 3.63) is 35.4 Å². The normalized spacial score (nSPS) is 23.0. The van der Waals surface area contributed by atoms with Crippen LogP contribution < -0.4 is 5.73 Å². The first-order valence-corrected chi connectivity index (χ1v) is 6.54. The SMILES string of the molecule is CC1CCCCN1C(CN)c1ccc(F)c(F)c1. The molecule has 0 saturated carbocycles. The summed E-state index contributed by atoms with van der Waals surface area (Å²) in [4.78, 5) is 2.30. The molecule has 1 heterocycles. The van der Waals surface area contributed by atoms with Crippen LogP contribution in [0.4, 0.5) is 8.78 Å². The maximum Gasteiger partial charge on any atom is 0.159 e. The first-order chi connectivity index (χ1) is 8.63. The lowest BCUT2D eigenvalue weighted by Gasteiger charge is -2.39. The molecule has 0 radical (unpaired) electrons. The summed E-state index contributed by atoms with van der Waals surface area (Å²) in [5.74, 6) is -1.60. The van der Waals surface area contributed by atoms with E-state index in [0.29, 0.717) is 12.6 Å². The van der Waals surface area contributed by atoms with Crippen LogP contribution in [0.5, 0.6) is 0 Å². The van der Waals surface area contributed by atoms with Gasteiger partial charge in [-0.2, -0.15) is 0 Å². The number of benzene rings is 1. The van der Waals surface area contributed by atoms with Gasteiger partial charge in [0.2, 0.25) is 0 Å². The third-order valence-electron chi connectivity index (χ3n) is 3.81. The molecule has 0 aliphatic carbocycles. The Morgan fingerprint density at radius 2 is 2.11 bits per heavy atom. The fourth-order valence-corrected chi connectivity index (χ4v) is 2.77. The first kappa shape index (κ1) is 13.4. The molecule has 2 rings (SSSR count). The highest BCUT2D eigenvalue weighted by atomic mass is 19.2. The van der Waals surface area contributed by atoms with E-state index in [-0.39, 0.29) is 6.04 Å². The minimum Gasteiger partial charge on any atom is -0.329 e. The molecule has 2 unspecified atom stereocenters. The van der Waals surface area contributed by atoms with Gasteiger partial charge in [0.05, 0.1) is 0 Å². The van der Waals surface area contributed by atoms with Gasteiger partial charge in [0.1, 0.15) is 0 Å². The van der Waals surface area contributed by atoms with Crippen molar-refractivity contribution in [1.29, 1.82) is 0 Å². The van der Waals surface area contributed by atoms with E-state index in [0.717, 1.165) is 24.9 Å². The fraction of sp³-hybridized carbons (Fsp3) is 0.571. The second kappa shape index (κ2) is 5.76. The molecule has 1 aromatic carbocycles. The lowest BCUT2D eigenvalue weighted by atomic mass is 9.97. The van der Waals surface area contributed by atoms with E-state index >= 15 is 0 Å². The number of hydrogen-bond acceptors (Lipinski definition) is 2. The Balaban J connectivity index is 2.23. The quantitative estimate of drug-likeness (QED) is 0.898. The van der Waals surface area contributed by atoms with Crippen LogP contribution in [0.2, 0.25) is 0 Å². The number of hydrogen-bond donors (Lipinski definition) is 1. The van der Waals surface area contributed by atoms with E-state index in [1.54, 1.807) is 6.07 Å². The highest BCUT2D eigenvalue weighted by Crippen LogP contribution is 2.28. The number of likely N-dealkylation sites (tertiary alicyclic amines) is 1. The van der Waals surface area contributed by atoms with Crippen LogP contribution >= 0.6 is 0 Å². The van der Waals surface area contributed by atoms with E-state index in [1.165, 1.54) is 18.6 Å². The number of nitrogens with two attached hydrogens (primary N) is 1. The van der Waals surface area contributed by atoms with Crippen LogP contribution in [0.15, 0.2) is 18.2 Å². The topological polar surface area (TPSA) is 29.3 Å². The van der Waals surface area contributed by atoms with Gasteiger partial charge in [0.25, 0.3) is 0 Å². The van der Waals surface area contributed by atoms with Gasteiger partial charge in [-0.15, -0.1) is 0 Å². The predicted molar refractivity (Wildman–Crippen MR) is 68.2 cm³/mol. The molecule has 1 fully saturated rings. The van der Waals surface area contributed by atoms with Crippen molar-refractivity contribution >= 4 is 0 Å². The van der Waals surface area contributed by atoms with Gasteiger partial charge in [-0.3, -0.25) is 4.90 Å². The molecule has 2 N–H and O–H groups in total. The van der Waals surface area contributed by atoms with E-state index in [4.69, 9.17) is 5.73 Å². The number of piperidine rings is 1. The molecular weight excluding hydrogens is 234 g/mol. The Bertz CT molecular complexity index is 409. The summed E-state index contributed by atoms with van der Waals surface area (Å²) in [6.07, 6.45) is 3.51. The molecule has 4 heteroatoms. The molecule has 2 atom stereocenters. The number of rotatable bonds is 3. The minimum absolute atomic E-state index is 0.0181. The third-order valence-corrected chi connectivity index (χ3v) is 3.81. The van der Waals surface area contributed by atoms with Gasteiger partial charge in [-0.1, -0.05) is 12.5 Å². The molecule has 0 bridgehead atoms. The zero-order valence-electron chi connectivity index (χ0n) is 10.7. The highest BCUT2D eigenvalue weighted by molar-refractivity contribution is 5.22. The van der Waals surface area contributed by atoms with Crippen LogP contribution in [-0.4, -0.2) is 24.0 Å². The van der Waals surface area contributed by atoms with Crippen molar-refractivity contribution in [3.63, 3.8) is 0 Å². The molecule has 0 spiro atoms. The van der Waals surface area contributed by atoms with Crippen molar-refractivity contribution in [2.24, 2.45) is 5.73 Å². The maximum atomic E-state index is 13.3. The Hall–Kier alpha value is -1.00. The summed E-state index contributed by atoms with van der Waals surface area (Å²) in [7, 11) is 0. The molecule has 18 heavy (non-hydrogen) atoms. The van der Waals surface area contributed by atoms with E-state index in [2.05, 4.69) is 11.8 Å². The standard InChI is InChI=1S/C14H20F2N2/c1-10-4-2-3-7-18(10)14(9-17)11-5-6-12(15)13(16)8-11/h5-6,8,10,14H,2-4,7,9,17H2,1H3. The van der Waals surface area contributed by atoms with Crippen molar-refractivity contribution in [2.45, 2.75) is 38.3 Å². The maximum absolute atomic E-state index is 13.3. The van der Waals surface area contributed by atoms with Gasteiger partial charge >= 0.3 is 0 Å². The summed E-state index contributed by atoms with van der Waals surface area (Å²) in [6.45, 7) is 3.57. The first-order valence-electron chi connectivity index (χ1n) is 6.54. The second-order valence-corrected chi connectivity index (χ2v) is 5.01. The summed E-state index contributed by atoms with van der Waals surface area (Å²) < 4.78 is 26.3. The van der Waals surface area contributed by atoms with Gasteiger partial charge in [0.15, 0.2) is 11.6 Å². The van der Waals surface area contributed by atoms with E-state index in [1.807, 2.05) is 0 Å². The van der Waals surface area contributed by atoms with Gasteiger partial charge in [-0.05, 0) is 44.0 Å². The average Bonchev–Trinajstić information content (AvgIpc) is 2.37. The molecular formula is C14H20F2N2. The van der Waals surface area contributed by atoms with Crippen molar-refractivity contribution in [1.82, 2.24) is 4.90 Å². The molecule has 1 aliphatic rings. The number of halogens is 2. The summed E-state index contributed by atoms with van der Waals surface area (Å²) in [5, 5.41) is 0. The average molecular weight is 254 g/mol. The largest absolute Gasteiger partial charge is 0.329 e. The molecule has 1 saturated heterocycles. The zero-order chi connectivity index (χ0) is 13.1. The molecule has 0 aromatic heterocycles. The fourth-order valence-electron chi connectivity index (χ4n) is 2.77. The molecule has 100 valence electrons. The van der Waals surface area contributed by atoms with Crippen LogP contribution in [0.3, 0.4) is 0 Å². The Kier molecular flexibility index (Phi) is 4.30. The highest BCUT2D eigenvalue weighted by Gasteiger charge is 2.26. The smallest absolute Gasteiger partial charge is 0.159 e. The van der Waals surface area contributed by atoms with Crippen molar-refractivity contribution in [3.8, 4) is 0 Å². The van der Waals surface area contributed by atoms with Crippen LogP contribution in [-0.2, 0) is 0 Å². The van der Waals surface area contributed by atoms with Crippen molar-refractivity contribution < 1.29 is 8.78 Å².